The Labute approximate surface area is 96.8 Å². The largest absolute Gasteiger partial charge is 0.480 e. The van der Waals surface area contributed by atoms with Gasteiger partial charge in [-0.15, -0.1) is 12.4 Å². The van der Waals surface area contributed by atoms with Gasteiger partial charge in [-0.3, -0.25) is 4.79 Å². The first kappa shape index (κ1) is 13.4. The molecule has 0 aliphatic carbocycles. The van der Waals surface area contributed by atoms with Crippen LogP contribution in [0.1, 0.15) is 5.56 Å². The van der Waals surface area contributed by atoms with Crippen LogP contribution in [0.4, 0.5) is 0 Å². The molecule has 0 unspecified atom stereocenters. The topological polar surface area (TPSA) is 63.3 Å². The second-order valence-electron chi connectivity index (χ2n) is 2.78. The summed E-state index contributed by atoms with van der Waals surface area (Å²) in [4.78, 5) is 10.5. The van der Waals surface area contributed by atoms with Gasteiger partial charge in [0.25, 0.3) is 0 Å². The van der Waals surface area contributed by atoms with Crippen LogP contribution in [0.2, 0.25) is 0 Å². The number of nitrogens with two attached hydrogens (primary N) is 1. The Morgan fingerprint density at radius 1 is 1.57 bits per heavy atom. The number of aliphatic carboxylic acids is 1. The molecule has 0 saturated carbocycles. The maximum atomic E-state index is 10.5. The van der Waals surface area contributed by atoms with E-state index in [1.165, 1.54) is 0 Å². The molecule has 1 aromatic carbocycles. The van der Waals surface area contributed by atoms with E-state index < -0.39 is 12.0 Å². The van der Waals surface area contributed by atoms with E-state index in [0.29, 0.717) is 6.42 Å². The highest BCUT2D eigenvalue weighted by Crippen LogP contribution is 2.12. The number of hydrogen-bond donors (Lipinski definition) is 2. The van der Waals surface area contributed by atoms with E-state index in [4.69, 9.17) is 10.8 Å². The molecule has 1 aromatic rings. The summed E-state index contributed by atoms with van der Waals surface area (Å²) in [5.41, 5.74) is 6.30. The van der Waals surface area contributed by atoms with Crippen molar-refractivity contribution in [1.82, 2.24) is 0 Å². The highest BCUT2D eigenvalue weighted by molar-refractivity contribution is 9.10. The van der Waals surface area contributed by atoms with Crippen LogP contribution in [0.15, 0.2) is 28.7 Å². The van der Waals surface area contributed by atoms with Crippen LogP contribution in [-0.4, -0.2) is 17.1 Å². The third-order valence-corrected chi connectivity index (χ3v) is 2.16. The molecule has 3 nitrogen and oxygen atoms in total. The van der Waals surface area contributed by atoms with E-state index in [2.05, 4.69) is 15.9 Å². The predicted molar refractivity (Wildman–Crippen MR) is 60.7 cm³/mol. The van der Waals surface area contributed by atoms with Crippen LogP contribution in [0.25, 0.3) is 0 Å². The van der Waals surface area contributed by atoms with E-state index in [1.807, 2.05) is 24.3 Å². The molecule has 0 heterocycles. The standard InChI is InChI=1S/C9H10BrNO2.ClH/c10-7-3-1-2-6(4-7)5-8(11)9(12)13;/h1-4,8H,5,11H2,(H,12,13);1H/t8-;/m0./s1. The molecule has 0 saturated heterocycles. The van der Waals surface area contributed by atoms with E-state index in [-0.39, 0.29) is 12.4 Å². The second kappa shape index (κ2) is 6.01. The molecule has 0 bridgehead atoms. The van der Waals surface area contributed by atoms with Gasteiger partial charge in [0.2, 0.25) is 0 Å². The van der Waals surface area contributed by atoms with E-state index in [1.54, 1.807) is 0 Å². The van der Waals surface area contributed by atoms with Crippen molar-refractivity contribution in [2.45, 2.75) is 12.5 Å². The summed E-state index contributed by atoms with van der Waals surface area (Å²) in [5, 5.41) is 8.58. The number of carboxylic acid groups (broad SMARTS) is 1. The Morgan fingerprint density at radius 3 is 2.71 bits per heavy atom. The molecule has 14 heavy (non-hydrogen) atoms. The molecule has 0 fully saturated rings. The first-order chi connectivity index (χ1) is 6.09. The van der Waals surface area contributed by atoms with Gasteiger partial charge in [-0.1, -0.05) is 28.1 Å². The molecule has 0 aliphatic rings. The maximum Gasteiger partial charge on any atom is 0.320 e. The fourth-order valence-corrected chi connectivity index (χ4v) is 1.45. The van der Waals surface area contributed by atoms with Crippen molar-refractivity contribution in [2.24, 2.45) is 5.73 Å². The van der Waals surface area contributed by atoms with Crippen LogP contribution in [-0.2, 0) is 11.2 Å². The Morgan fingerprint density at radius 2 is 2.21 bits per heavy atom. The lowest BCUT2D eigenvalue weighted by Crippen LogP contribution is -2.32. The third kappa shape index (κ3) is 4.09. The number of carboxylic acids is 1. The SMILES string of the molecule is Cl.N[C@@H](Cc1cccc(Br)c1)C(=O)O. The Kier molecular flexibility index (Phi) is 5.76. The molecule has 0 spiro atoms. The lowest BCUT2D eigenvalue weighted by Gasteiger charge is -2.05. The third-order valence-electron chi connectivity index (χ3n) is 1.66. The highest BCUT2D eigenvalue weighted by Gasteiger charge is 2.11. The molecule has 78 valence electrons. The summed E-state index contributed by atoms with van der Waals surface area (Å²) >= 11 is 3.30. The molecular formula is C9H11BrClNO2. The van der Waals surface area contributed by atoms with E-state index in [0.717, 1.165) is 10.0 Å². The van der Waals surface area contributed by atoms with Crippen LogP contribution in [0, 0.1) is 0 Å². The zero-order valence-electron chi connectivity index (χ0n) is 7.31. The minimum absolute atomic E-state index is 0. The number of carbonyl (C=O) groups is 1. The summed E-state index contributed by atoms with van der Waals surface area (Å²) in [5.74, 6) is -0.972. The van der Waals surface area contributed by atoms with Crippen molar-refractivity contribution in [3.8, 4) is 0 Å². The predicted octanol–water partition coefficient (Wildman–Crippen LogP) is 1.83. The number of halogens is 2. The lowest BCUT2D eigenvalue weighted by molar-refractivity contribution is -0.138. The monoisotopic (exact) mass is 279 g/mol. The summed E-state index contributed by atoms with van der Waals surface area (Å²) in [7, 11) is 0. The maximum absolute atomic E-state index is 10.5. The molecule has 1 rings (SSSR count). The summed E-state index contributed by atoms with van der Waals surface area (Å²) in [6.45, 7) is 0. The zero-order valence-corrected chi connectivity index (χ0v) is 9.72. The van der Waals surface area contributed by atoms with Gasteiger partial charge >= 0.3 is 5.97 Å². The minimum atomic E-state index is -0.972. The van der Waals surface area contributed by atoms with Gasteiger partial charge < -0.3 is 10.8 Å². The van der Waals surface area contributed by atoms with Crippen LogP contribution < -0.4 is 5.73 Å². The Hall–Kier alpha value is -0.580. The highest BCUT2D eigenvalue weighted by atomic mass is 79.9. The molecule has 5 heteroatoms. The Bertz CT molecular complexity index is 319. The van der Waals surface area contributed by atoms with Crippen molar-refractivity contribution in [3.05, 3.63) is 34.3 Å². The summed E-state index contributed by atoms with van der Waals surface area (Å²) in [6.07, 6.45) is 0.356. The van der Waals surface area contributed by atoms with Crippen LogP contribution in [0.3, 0.4) is 0 Å². The first-order valence-corrected chi connectivity index (χ1v) is 4.61. The average molecular weight is 281 g/mol. The molecule has 0 amide bonds. The van der Waals surface area contributed by atoms with Crippen LogP contribution >= 0.6 is 28.3 Å². The molecule has 0 radical (unpaired) electrons. The van der Waals surface area contributed by atoms with Crippen LogP contribution in [0.5, 0.6) is 0 Å². The second-order valence-corrected chi connectivity index (χ2v) is 3.69. The van der Waals surface area contributed by atoms with Gasteiger partial charge in [-0.2, -0.15) is 0 Å². The molecule has 0 aliphatic heterocycles. The van der Waals surface area contributed by atoms with Gasteiger partial charge in [0.05, 0.1) is 0 Å². The van der Waals surface area contributed by atoms with Gasteiger partial charge in [-0.25, -0.2) is 0 Å². The zero-order chi connectivity index (χ0) is 9.84. The van der Waals surface area contributed by atoms with Crippen molar-refractivity contribution < 1.29 is 9.90 Å². The van der Waals surface area contributed by atoms with Crippen molar-refractivity contribution >= 4 is 34.3 Å². The fraction of sp³-hybridized carbons (Fsp3) is 0.222. The van der Waals surface area contributed by atoms with Crippen molar-refractivity contribution in [2.75, 3.05) is 0 Å². The molecular weight excluding hydrogens is 269 g/mol. The Balaban J connectivity index is 0.00000169. The molecule has 3 N–H and O–H groups in total. The smallest absolute Gasteiger partial charge is 0.320 e. The quantitative estimate of drug-likeness (QED) is 0.888. The molecule has 1 atom stereocenters. The lowest BCUT2D eigenvalue weighted by atomic mass is 10.1. The van der Waals surface area contributed by atoms with Crippen molar-refractivity contribution in [1.29, 1.82) is 0 Å². The summed E-state index contributed by atoms with van der Waals surface area (Å²) in [6, 6.07) is 6.63. The van der Waals surface area contributed by atoms with E-state index in [9.17, 15) is 4.79 Å². The fourth-order valence-electron chi connectivity index (χ4n) is 1.01. The number of hydrogen-bond acceptors (Lipinski definition) is 2. The van der Waals surface area contributed by atoms with Gasteiger partial charge in [0.15, 0.2) is 0 Å². The van der Waals surface area contributed by atoms with E-state index >= 15 is 0 Å². The first-order valence-electron chi connectivity index (χ1n) is 3.82. The van der Waals surface area contributed by atoms with Gasteiger partial charge in [-0.05, 0) is 24.1 Å². The normalized spacial score (nSPS) is 11.6. The minimum Gasteiger partial charge on any atom is -0.480 e. The number of rotatable bonds is 3. The van der Waals surface area contributed by atoms with Crippen molar-refractivity contribution in [3.63, 3.8) is 0 Å². The summed E-state index contributed by atoms with van der Waals surface area (Å²) < 4.78 is 0.933. The van der Waals surface area contributed by atoms with Gasteiger partial charge in [0.1, 0.15) is 6.04 Å². The number of benzene rings is 1. The molecule has 0 aromatic heterocycles. The van der Waals surface area contributed by atoms with Gasteiger partial charge in [0, 0.05) is 4.47 Å². The average Bonchev–Trinajstić information content (AvgIpc) is 2.04.